The van der Waals surface area contributed by atoms with Crippen molar-refractivity contribution in [3.63, 3.8) is 0 Å². The molecule has 0 radical (unpaired) electrons. The lowest BCUT2D eigenvalue weighted by atomic mass is 10.0. The average Bonchev–Trinajstić information content (AvgIpc) is 2.70. The van der Waals surface area contributed by atoms with Gasteiger partial charge in [-0.2, -0.15) is 0 Å². The molecule has 5 nitrogen and oxygen atoms in total. The van der Waals surface area contributed by atoms with E-state index in [0.29, 0.717) is 39.1 Å². The molecule has 0 aliphatic carbocycles. The molecule has 0 bridgehead atoms. The van der Waals surface area contributed by atoms with Gasteiger partial charge in [-0.15, -0.1) is 0 Å². The fraction of sp³-hybridized carbons (Fsp3) is 0.364. The van der Waals surface area contributed by atoms with Gasteiger partial charge in [-0.1, -0.05) is 54.1 Å². The lowest BCUT2D eigenvalue weighted by Gasteiger charge is -2.35. The number of hydrogen-bond donors (Lipinski definition) is 1. The van der Waals surface area contributed by atoms with Crippen LogP contribution in [-0.2, 0) is 17.8 Å². The molecule has 142 valence electrons. The summed E-state index contributed by atoms with van der Waals surface area (Å²) in [6, 6.07) is 16.0. The van der Waals surface area contributed by atoms with E-state index in [1.165, 1.54) is 5.56 Å². The number of amides is 3. The van der Waals surface area contributed by atoms with E-state index >= 15 is 0 Å². The van der Waals surface area contributed by atoms with Gasteiger partial charge in [0.2, 0.25) is 5.91 Å². The first-order valence-electron chi connectivity index (χ1n) is 9.43. The van der Waals surface area contributed by atoms with E-state index in [-0.39, 0.29) is 11.9 Å². The van der Waals surface area contributed by atoms with Crippen molar-refractivity contribution in [2.24, 2.45) is 0 Å². The second-order valence-electron chi connectivity index (χ2n) is 7.12. The number of carbonyl (C=O) groups is 2. The van der Waals surface area contributed by atoms with Crippen LogP contribution in [0.2, 0.25) is 0 Å². The standard InChI is InChI=1S/C22H27N3O2/c1-17-8-9-18(2)20(14-17)15-21(26)24-10-12-25(13-11-24)22(27)23-16-19-6-4-3-5-7-19/h3-9,14H,10-13,15-16H2,1-2H3,(H,23,27). The Morgan fingerprint density at radius 1 is 0.926 bits per heavy atom. The van der Waals surface area contributed by atoms with Crippen molar-refractivity contribution in [3.05, 3.63) is 70.8 Å². The van der Waals surface area contributed by atoms with Crippen molar-refractivity contribution >= 4 is 11.9 Å². The van der Waals surface area contributed by atoms with Crippen LogP contribution in [0.1, 0.15) is 22.3 Å². The fourth-order valence-electron chi connectivity index (χ4n) is 3.31. The topological polar surface area (TPSA) is 52.7 Å². The Kier molecular flexibility index (Phi) is 6.12. The maximum absolute atomic E-state index is 12.6. The van der Waals surface area contributed by atoms with Gasteiger partial charge in [0, 0.05) is 32.7 Å². The Labute approximate surface area is 161 Å². The van der Waals surface area contributed by atoms with Crippen LogP contribution in [0, 0.1) is 13.8 Å². The molecule has 2 aromatic carbocycles. The van der Waals surface area contributed by atoms with Crippen molar-refractivity contribution in [2.45, 2.75) is 26.8 Å². The molecule has 1 fully saturated rings. The van der Waals surface area contributed by atoms with Gasteiger partial charge in [0.15, 0.2) is 0 Å². The van der Waals surface area contributed by atoms with Gasteiger partial charge >= 0.3 is 6.03 Å². The Morgan fingerprint density at radius 2 is 1.59 bits per heavy atom. The molecular formula is C22H27N3O2. The highest BCUT2D eigenvalue weighted by Crippen LogP contribution is 2.13. The molecule has 27 heavy (non-hydrogen) atoms. The first-order valence-corrected chi connectivity index (χ1v) is 9.43. The minimum Gasteiger partial charge on any atom is -0.339 e. The molecule has 1 N–H and O–H groups in total. The zero-order chi connectivity index (χ0) is 19.2. The normalized spacial score (nSPS) is 14.1. The first-order chi connectivity index (χ1) is 13.0. The molecule has 1 aliphatic rings. The number of benzene rings is 2. The maximum Gasteiger partial charge on any atom is 0.317 e. The summed E-state index contributed by atoms with van der Waals surface area (Å²) < 4.78 is 0. The summed E-state index contributed by atoms with van der Waals surface area (Å²) in [5.74, 6) is 0.132. The Balaban J connectivity index is 1.47. The summed E-state index contributed by atoms with van der Waals surface area (Å²) in [4.78, 5) is 28.6. The molecule has 3 amide bonds. The predicted molar refractivity (Wildman–Crippen MR) is 106 cm³/mol. The highest BCUT2D eigenvalue weighted by Gasteiger charge is 2.24. The van der Waals surface area contributed by atoms with Gasteiger partial charge in [-0.05, 0) is 30.5 Å². The lowest BCUT2D eigenvalue weighted by molar-refractivity contribution is -0.131. The van der Waals surface area contributed by atoms with Crippen molar-refractivity contribution in [1.82, 2.24) is 15.1 Å². The van der Waals surface area contributed by atoms with Crippen LogP contribution in [0.15, 0.2) is 48.5 Å². The van der Waals surface area contributed by atoms with E-state index < -0.39 is 0 Å². The number of hydrogen-bond acceptors (Lipinski definition) is 2. The van der Waals surface area contributed by atoms with Crippen LogP contribution in [0.3, 0.4) is 0 Å². The molecule has 1 aliphatic heterocycles. The number of urea groups is 1. The van der Waals surface area contributed by atoms with E-state index in [0.717, 1.165) is 16.7 Å². The molecule has 0 spiro atoms. The second kappa shape index (κ2) is 8.71. The molecule has 1 saturated heterocycles. The second-order valence-corrected chi connectivity index (χ2v) is 7.12. The van der Waals surface area contributed by atoms with Crippen molar-refractivity contribution < 1.29 is 9.59 Å². The van der Waals surface area contributed by atoms with Gasteiger partial charge in [0.25, 0.3) is 0 Å². The molecule has 1 heterocycles. The molecule has 0 unspecified atom stereocenters. The molecule has 0 saturated carbocycles. The summed E-state index contributed by atoms with van der Waals surface area (Å²) in [5.41, 5.74) is 4.48. The SMILES string of the molecule is Cc1ccc(C)c(CC(=O)N2CCN(C(=O)NCc3ccccc3)CC2)c1. The number of nitrogens with one attached hydrogen (secondary N) is 1. The van der Waals surface area contributed by atoms with Gasteiger partial charge in [0.1, 0.15) is 0 Å². The number of rotatable bonds is 4. The average molecular weight is 365 g/mol. The fourth-order valence-corrected chi connectivity index (χ4v) is 3.31. The van der Waals surface area contributed by atoms with E-state index in [1.54, 1.807) is 4.90 Å². The molecule has 0 atom stereocenters. The summed E-state index contributed by atoms with van der Waals surface area (Å²) >= 11 is 0. The third-order valence-electron chi connectivity index (χ3n) is 5.05. The Bertz CT molecular complexity index is 796. The zero-order valence-electron chi connectivity index (χ0n) is 16.1. The highest BCUT2D eigenvalue weighted by molar-refractivity contribution is 5.80. The van der Waals surface area contributed by atoms with Gasteiger partial charge in [-0.25, -0.2) is 4.79 Å². The summed E-state index contributed by atoms with van der Waals surface area (Å²) in [5, 5.41) is 2.95. The minimum atomic E-state index is -0.0690. The number of nitrogens with zero attached hydrogens (tertiary/aromatic N) is 2. The third kappa shape index (κ3) is 5.09. The summed E-state index contributed by atoms with van der Waals surface area (Å²) in [7, 11) is 0. The zero-order valence-corrected chi connectivity index (χ0v) is 16.1. The quantitative estimate of drug-likeness (QED) is 0.906. The smallest absolute Gasteiger partial charge is 0.317 e. The van der Waals surface area contributed by atoms with Gasteiger partial charge in [-0.3, -0.25) is 4.79 Å². The van der Waals surface area contributed by atoms with E-state index in [2.05, 4.69) is 23.5 Å². The van der Waals surface area contributed by atoms with Crippen LogP contribution in [0.4, 0.5) is 4.79 Å². The number of piperazine rings is 1. The molecule has 2 aromatic rings. The van der Waals surface area contributed by atoms with Crippen LogP contribution >= 0.6 is 0 Å². The summed E-state index contributed by atoms with van der Waals surface area (Å²) in [6.45, 7) is 6.91. The molecule has 5 heteroatoms. The van der Waals surface area contributed by atoms with E-state index in [4.69, 9.17) is 0 Å². The van der Waals surface area contributed by atoms with Crippen LogP contribution in [-0.4, -0.2) is 47.9 Å². The monoisotopic (exact) mass is 365 g/mol. The molecule has 0 aromatic heterocycles. The van der Waals surface area contributed by atoms with Crippen molar-refractivity contribution in [3.8, 4) is 0 Å². The maximum atomic E-state index is 12.6. The van der Waals surface area contributed by atoms with Gasteiger partial charge in [0.05, 0.1) is 6.42 Å². The minimum absolute atomic E-state index is 0.0690. The number of carbonyl (C=O) groups excluding carboxylic acids is 2. The highest BCUT2D eigenvalue weighted by atomic mass is 16.2. The molecular weight excluding hydrogens is 338 g/mol. The van der Waals surface area contributed by atoms with E-state index in [1.807, 2.05) is 49.1 Å². The predicted octanol–water partition coefficient (Wildman–Crippen LogP) is 2.90. The number of aryl methyl sites for hydroxylation is 2. The van der Waals surface area contributed by atoms with Crippen LogP contribution in [0.25, 0.3) is 0 Å². The van der Waals surface area contributed by atoms with Crippen molar-refractivity contribution in [2.75, 3.05) is 26.2 Å². The van der Waals surface area contributed by atoms with E-state index in [9.17, 15) is 9.59 Å². The van der Waals surface area contributed by atoms with Crippen molar-refractivity contribution in [1.29, 1.82) is 0 Å². The Morgan fingerprint density at radius 3 is 2.30 bits per heavy atom. The Hall–Kier alpha value is -2.82. The largest absolute Gasteiger partial charge is 0.339 e. The van der Waals surface area contributed by atoms with Crippen LogP contribution in [0.5, 0.6) is 0 Å². The first kappa shape index (κ1) is 19.0. The summed E-state index contributed by atoms with van der Waals surface area (Å²) in [6.07, 6.45) is 0.424. The van der Waals surface area contributed by atoms with Gasteiger partial charge < -0.3 is 15.1 Å². The molecule has 3 rings (SSSR count). The lowest BCUT2D eigenvalue weighted by Crippen LogP contribution is -2.53. The van der Waals surface area contributed by atoms with Crippen LogP contribution < -0.4 is 5.32 Å². The third-order valence-corrected chi connectivity index (χ3v) is 5.05.